The topological polar surface area (TPSA) is 87.8 Å². The van der Waals surface area contributed by atoms with E-state index in [1.54, 1.807) is 23.1 Å². The van der Waals surface area contributed by atoms with Crippen LogP contribution in [0.3, 0.4) is 0 Å². The van der Waals surface area contributed by atoms with Crippen LogP contribution < -0.4 is 11.1 Å². The van der Waals surface area contributed by atoms with E-state index in [1.807, 2.05) is 13.8 Å². The van der Waals surface area contributed by atoms with Crippen LogP contribution in [-0.4, -0.2) is 64.9 Å². The van der Waals surface area contributed by atoms with Gasteiger partial charge in [-0.05, 0) is 25.5 Å². The number of piperazine rings is 1. The van der Waals surface area contributed by atoms with Crippen molar-refractivity contribution in [1.29, 1.82) is 0 Å². The number of fused-ring (bicyclic) bond motifs is 1. The molecule has 2 heterocycles. The SMILES string of the molecule is CCC(C)NC(=O)CN1CCN(C(=O)CCn2c(=O)oc3cc(Cl)ccc32)CC1. The lowest BCUT2D eigenvalue weighted by Crippen LogP contribution is -2.51. The Morgan fingerprint density at radius 3 is 2.66 bits per heavy atom. The van der Waals surface area contributed by atoms with Gasteiger partial charge in [-0.15, -0.1) is 0 Å². The molecule has 0 saturated carbocycles. The summed E-state index contributed by atoms with van der Waals surface area (Å²) in [7, 11) is 0. The highest BCUT2D eigenvalue weighted by atomic mass is 35.5. The summed E-state index contributed by atoms with van der Waals surface area (Å²) in [6.45, 7) is 7.09. The monoisotopic (exact) mass is 422 g/mol. The summed E-state index contributed by atoms with van der Waals surface area (Å²) in [4.78, 5) is 40.5. The smallest absolute Gasteiger partial charge is 0.408 e. The summed E-state index contributed by atoms with van der Waals surface area (Å²) in [5.41, 5.74) is 1.04. The first kappa shape index (κ1) is 21.4. The quantitative estimate of drug-likeness (QED) is 0.733. The van der Waals surface area contributed by atoms with Gasteiger partial charge in [0.05, 0.1) is 12.1 Å². The largest absolute Gasteiger partial charge is 0.419 e. The summed E-state index contributed by atoms with van der Waals surface area (Å²) in [5.74, 6) is -0.485. The molecule has 1 aliphatic rings. The summed E-state index contributed by atoms with van der Waals surface area (Å²) < 4.78 is 6.66. The molecule has 1 aromatic heterocycles. The minimum atomic E-state index is -0.493. The van der Waals surface area contributed by atoms with Crippen molar-refractivity contribution in [3.8, 4) is 0 Å². The number of aromatic nitrogens is 1. The van der Waals surface area contributed by atoms with Crippen LogP contribution in [-0.2, 0) is 16.1 Å². The van der Waals surface area contributed by atoms with Crippen molar-refractivity contribution in [2.45, 2.75) is 39.3 Å². The van der Waals surface area contributed by atoms with Crippen LogP contribution in [0.5, 0.6) is 0 Å². The number of rotatable bonds is 7. The summed E-state index contributed by atoms with van der Waals surface area (Å²) in [6.07, 6.45) is 1.11. The molecule has 0 bridgehead atoms. The van der Waals surface area contributed by atoms with E-state index in [1.165, 1.54) is 4.57 Å². The van der Waals surface area contributed by atoms with Gasteiger partial charge in [0.25, 0.3) is 0 Å². The molecular weight excluding hydrogens is 396 g/mol. The van der Waals surface area contributed by atoms with Gasteiger partial charge in [-0.2, -0.15) is 0 Å². The van der Waals surface area contributed by atoms with Gasteiger partial charge >= 0.3 is 5.76 Å². The molecule has 158 valence electrons. The average Bonchev–Trinajstić information content (AvgIpc) is 3.00. The molecule has 2 amide bonds. The van der Waals surface area contributed by atoms with E-state index in [-0.39, 0.29) is 30.8 Å². The van der Waals surface area contributed by atoms with Gasteiger partial charge in [-0.1, -0.05) is 18.5 Å². The Kier molecular flexibility index (Phi) is 6.97. The van der Waals surface area contributed by atoms with Crippen LogP contribution in [0.15, 0.2) is 27.4 Å². The normalized spacial score (nSPS) is 16.2. The van der Waals surface area contributed by atoms with Crippen molar-refractivity contribution in [2.75, 3.05) is 32.7 Å². The van der Waals surface area contributed by atoms with E-state index in [2.05, 4.69) is 10.2 Å². The molecule has 29 heavy (non-hydrogen) atoms. The van der Waals surface area contributed by atoms with E-state index in [0.717, 1.165) is 6.42 Å². The lowest BCUT2D eigenvalue weighted by atomic mass is 10.2. The lowest BCUT2D eigenvalue weighted by molar-refractivity contribution is -0.133. The van der Waals surface area contributed by atoms with E-state index >= 15 is 0 Å². The van der Waals surface area contributed by atoms with Crippen LogP contribution in [0, 0.1) is 0 Å². The highest BCUT2D eigenvalue weighted by molar-refractivity contribution is 6.31. The Hall–Kier alpha value is -2.32. The van der Waals surface area contributed by atoms with Gasteiger partial charge < -0.3 is 14.6 Å². The van der Waals surface area contributed by atoms with Gasteiger partial charge in [0.1, 0.15) is 0 Å². The number of carbonyl (C=O) groups excluding carboxylic acids is 2. The maximum absolute atomic E-state index is 12.6. The highest BCUT2D eigenvalue weighted by Gasteiger charge is 2.23. The molecule has 1 saturated heterocycles. The van der Waals surface area contributed by atoms with Crippen molar-refractivity contribution in [3.63, 3.8) is 0 Å². The molecule has 0 spiro atoms. The molecule has 1 fully saturated rings. The third-order valence-electron chi connectivity index (χ3n) is 5.29. The Labute approximate surface area is 174 Å². The molecule has 8 nitrogen and oxygen atoms in total. The molecule has 1 unspecified atom stereocenters. The third-order valence-corrected chi connectivity index (χ3v) is 5.53. The minimum absolute atomic E-state index is 0.0103. The third kappa shape index (κ3) is 5.39. The molecule has 1 atom stereocenters. The first-order valence-electron chi connectivity index (χ1n) is 9.95. The first-order valence-corrected chi connectivity index (χ1v) is 10.3. The highest BCUT2D eigenvalue weighted by Crippen LogP contribution is 2.18. The molecule has 3 rings (SSSR count). The fourth-order valence-electron chi connectivity index (χ4n) is 3.40. The number of carbonyl (C=O) groups is 2. The van der Waals surface area contributed by atoms with Crippen LogP contribution in [0.1, 0.15) is 26.7 Å². The van der Waals surface area contributed by atoms with E-state index < -0.39 is 5.76 Å². The van der Waals surface area contributed by atoms with E-state index in [9.17, 15) is 14.4 Å². The van der Waals surface area contributed by atoms with Crippen LogP contribution in [0.2, 0.25) is 5.02 Å². The van der Waals surface area contributed by atoms with Gasteiger partial charge in [-0.3, -0.25) is 19.1 Å². The summed E-state index contributed by atoms with van der Waals surface area (Å²) >= 11 is 5.92. The van der Waals surface area contributed by atoms with Crippen LogP contribution in [0.4, 0.5) is 0 Å². The number of amides is 2. The van der Waals surface area contributed by atoms with Gasteiger partial charge in [0.15, 0.2) is 5.58 Å². The van der Waals surface area contributed by atoms with Crippen molar-refractivity contribution in [3.05, 3.63) is 33.8 Å². The molecular formula is C20H27ClN4O4. The first-order chi connectivity index (χ1) is 13.9. The molecule has 0 aliphatic carbocycles. The number of hydrogen-bond donors (Lipinski definition) is 1. The second-order valence-electron chi connectivity index (χ2n) is 7.42. The van der Waals surface area contributed by atoms with Gasteiger partial charge in [0.2, 0.25) is 11.8 Å². The lowest BCUT2D eigenvalue weighted by Gasteiger charge is -2.34. The number of hydrogen-bond acceptors (Lipinski definition) is 5. The molecule has 1 N–H and O–H groups in total. The Morgan fingerprint density at radius 2 is 1.97 bits per heavy atom. The fourth-order valence-corrected chi connectivity index (χ4v) is 3.56. The minimum Gasteiger partial charge on any atom is -0.408 e. The Balaban J connectivity index is 1.49. The maximum Gasteiger partial charge on any atom is 0.419 e. The molecule has 1 aromatic carbocycles. The van der Waals surface area contributed by atoms with Crippen molar-refractivity contribution >= 4 is 34.5 Å². The number of aryl methyl sites for hydroxylation is 1. The molecule has 0 radical (unpaired) electrons. The van der Waals surface area contributed by atoms with Crippen LogP contribution >= 0.6 is 11.6 Å². The van der Waals surface area contributed by atoms with Gasteiger partial charge in [0, 0.05) is 56.3 Å². The predicted octanol–water partition coefficient (Wildman–Crippen LogP) is 1.70. The summed E-state index contributed by atoms with van der Waals surface area (Å²) in [5, 5.41) is 3.45. The standard InChI is InChI=1S/C20H27ClN4O4/c1-3-14(2)22-18(26)13-23-8-10-24(11-9-23)19(27)6-7-25-16-5-4-15(21)12-17(16)29-20(25)28/h4-5,12,14H,3,6-11,13H2,1-2H3,(H,22,26). The number of halogens is 1. The second kappa shape index (κ2) is 9.45. The zero-order chi connectivity index (χ0) is 21.0. The van der Waals surface area contributed by atoms with E-state index in [4.69, 9.17) is 16.0 Å². The van der Waals surface area contributed by atoms with Crippen molar-refractivity contribution in [1.82, 2.24) is 19.7 Å². The predicted molar refractivity (Wildman–Crippen MR) is 111 cm³/mol. The van der Waals surface area contributed by atoms with Gasteiger partial charge in [-0.25, -0.2) is 4.79 Å². The number of oxazole rings is 1. The van der Waals surface area contributed by atoms with Crippen molar-refractivity contribution < 1.29 is 14.0 Å². The molecule has 2 aromatic rings. The number of benzene rings is 1. The zero-order valence-electron chi connectivity index (χ0n) is 16.8. The number of nitrogens with zero attached hydrogens (tertiary/aromatic N) is 3. The average molecular weight is 423 g/mol. The van der Waals surface area contributed by atoms with E-state index in [0.29, 0.717) is 48.8 Å². The Bertz CT molecular complexity index is 930. The van der Waals surface area contributed by atoms with Crippen LogP contribution in [0.25, 0.3) is 11.1 Å². The maximum atomic E-state index is 12.6. The molecule has 9 heteroatoms. The summed E-state index contributed by atoms with van der Waals surface area (Å²) in [6, 6.07) is 5.17. The molecule has 1 aliphatic heterocycles. The van der Waals surface area contributed by atoms with Crippen molar-refractivity contribution in [2.24, 2.45) is 0 Å². The second-order valence-corrected chi connectivity index (χ2v) is 7.85. The fraction of sp³-hybridized carbons (Fsp3) is 0.550. The zero-order valence-corrected chi connectivity index (χ0v) is 17.6. The Morgan fingerprint density at radius 1 is 1.24 bits per heavy atom. The number of nitrogens with one attached hydrogen (secondary N) is 1.